The predicted molar refractivity (Wildman–Crippen MR) is 94.3 cm³/mol. The number of fused-ring (bicyclic) bond motifs is 1. The molecule has 0 unspecified atom stereocenters. The maximum absolute atomic E-state index is 4.30. The summed E-state index contributed by atoms with van der Waals surface area (Å²) in [5.41, 5.74) is 2.31. The van der Waals surface area contributed by atoms with Crippen molar-refractivity contribution < 1.29 is 0 Å². The van der Waals surface area contributed by atoms with Gasteiger partial charge in [0.1, 0.15) is 24.3 Å². The number of aryl methyl sites for hydroxylation is 2. The lowest BCUT2D eigenvalue weighted by Gasteiger charge is -2.24. The number of nitrogens with one attached hydrogen (secondary N) is 1. The Morgan fingerprint density at radius 1 is 1.20 bits per heavy atom. The van der Waals surface area contributed by atoms with Crippen LogP contribution in [0.2, 0.25) is 0 Å². The first-order chi connectivity index (χ1) is 12.3. The van der Waals surface area contributed by atoms with Gasteiger partial charge in [-0.15, -0.1) is 10.2 Å². The smallest absolute Gasteiger partial charge is 0.138 e. The van der Waals surface area contributed by atoms with Crippen molar-refractivity contribution in [3.63, 3.8) is 0 Å². The van der Waals surface area contributed by atoms with Gasteiger partial charge in [-0.3, -0.25) is 0 Å². The van der Waals surface area contributed by atoms with Crippen LogP contribution >= 0.6 is 0 Å². The topological polar surface area (TPSA) is 73.5 Å². The van der Waals surface area contributed by atoms with Gasteiger partial charge in [-0.25, -0.2) is 9.67 Å². The van der Waals surface area contributed by atoms with Crippen LogP contribution < -0.4 is 5.32 Å². The van der Waals surface area contributed by atoms with Crippen LogP contribution in [0.4, 0.5) is 0 Å². The normalized spacial score (nSPS) is 16.8. The van der Waals surface area contributed by atoms with Gasteiger partial charge in [0.05, 0.1) is 5.69 Å². The second-order valence-electron chi connectivity index (χ2n) is 6.54. The van der Waals surface area contributed by atoms with E-state index in [2.05, 4.69) is 61.4 Å². The number of nitrogens with zero attached hydrogens (tertiary/aromatic N) is 6. The van der Waals surface area contributed by atoms with Crippen LogP contribution in [0.3, 0.4) is 0 Å². The van der Waals surface area contributed by atoms with Gasteiger partial charge in [-0.2, -0.15) is 5.10 Å². The molecule has 7 heteroatoms. The zero-order valence-corrected chi connectivity index (χ0v) is 14.5. The molecule has 0 bridgehead atoms. The van der Waals surface area contributed by atoms with Gasteiger partial charge in [-0.05, 0) is 36.6 Å². The molecule has 0 spiro atoms. The fourth-order valence-corrected chi connectivity index (χ4v) is 3.41. The summed E-state index contributed by atoms with van der Waals surface area (Å²) in [4.78, 5) is 3.98. The summed E-state index contributed by atoms with van der Waals surface area (Å²) in [5.74, 6) is 2.91. The minimum Gasteiger partial charge on any atom is -0.315 e. The van der Waals surface area contributed by atoms with E-state index in [0.29, 0.717) is 5.92 Å². The van der Waals surface area contributed by atoms with E-state index in [0.717, 1.165) is 49.8 Å². The summed E-state index contributed by atoms with van der Waals surface area (Å²) in [5, 5.41) is 16.3. The standard InChI is InChI=1S/C18H23N7/c1-2-17-22-23-18-8-5-15(11-24(17)18)10-19-9-14-3-6-16(7-4-14)25-13-20-12-21-25/h3-4,6-7,12-13,15,19H,2,5,8-11H2,1H3/t15-/m0/s1. The average Bonchev–Trinajstić information content (AvgIpc) is 3.32. The van der Waals surface area contributed by atoms with E-state index in [4.69, 9.17) is 0 Å². The highest BCUT2D eigenvalue weighted by atomic mass is 15.3. The molecule has 130 valence electrons. The van der Waals surface area contributed by atoms with Crippen LogP contribution in [-0.4, -0.2) is 36.1 Å². The third-order valence-corrected chi connectivity index (χ3v) is 4.82. The minimum absolute atomic E-state index is 0.642. The summed E-state index contributed by atoms with van der Waals surface area (Å²) in [6.45, 7) is 5.07. The predicted octanol–water partition coefficient (Wildman–Crippen LogP) is 1.77. The molecule has 1 N–H and O–H groups in total. The highest BCUT2D eigenvalue weighted by molar-refractivity contribution is 5.33. The Morgan fingerprint density at radius 3 is 2.84 bits per heavy atom. The van der Waals surface area contributed by atoms with Crippen LogP contribution in [0.25, 0.3) is 5.69 Å². The summed E-state index contributed by atoms with van der Waals surface area (Å²) in [7, 11) is 0. The molecule has 3 aromatic rings. The quantitative estimate of drug-likeness (QED) is 0.742. The van der Waals surface area contributed by atoms with E-state index in [1.165, 1.54) is 12.0 Å². The first-order valence-electron chi connectivity index (χ1n) is 8.89. The van der Waals surface area contributed by atoms with Crippen molar-refractivity contribution >= 4 is 0 Å². The SMILES string of the molecule is CCc1nnc2n1C[C@H](CNCc1ccc(-n3cncn3)cc1)CC2. The van der Waals surface area contributed by atoms with Crippen molar-refractivity contribution in [2.75, 3.05) is 6.54 Å². The van der Waals surface area contributed by atoms with Crippen LogP contribution in [0.1, 0.15) is 30.6 Å². The maximum atomic E-state index is 4.30. The molecule has 25 heavy (non-hydrogen) atoms. The average molecular weight is 337 g/mol. The molecule has 3 heterocycles. The number of hydrogen-bond donors (Lipinski definition) is 1. The van der Waals surface area contributed by atoms with Crippen LogP contribution in [0.15, 0.2) is 36.9 Å². The lowest BCUT2D eigenvalue weighted by atomic mass is 9.99. The van der Waals surface area contributed by atoms with E-state index < -0.39 is 0 Å². The Morgan fingerprint density at radius 2 is 2.08 bits per heavy atom. The van der Waals surface area contributed by atoms with Gasteiger partial charge in [0, 0.05) is 25.9 Å². The molecule has 1 atom stereocenters. The van der Waals surface area contributed by atoms with Crippen LogP contribution in [0.5, 0.6) is 0 Å². The van der Waals surface area contributed by atoms with Crippen LogP contribution in [0, 0.1) is 5.92 Å². The van der Waals surface area contributed by atoms with E-state index in [1.54, 1.807) is 17.3 Å². The number of rotatable bonds is 6. The van der Waals surface area contributed by atoms with Crippen molar-refractivity contribution in [1.82, 2.24) is 34.8 Å². The van der Waals surface area contributed by atoms with E-state index in [1.807, 2.05) is 0 Å². The minimum atomic E-state index is 0.642. The Hall–Kier alpha value is -2.54. The first-order valence-corrected chi connectivity index (χ1v) is 8.89. The van der Waals surface area contributed by atoms with E-state index in [-0.39, 0.29) is 0 Å². The lowest BCUT2D eigenvalue weighted by Crippen LogP contribution is -2.30. The monoisotopic (exact) mass is 337 g/mol. The van der Waals surface area contributed by atoms with Crippen molar-refractivity contribution in [3.05, 3.63) is 54.1 Å². The van der Waals surface area contributed by atoms with Crippen LogP contribution in [-0.2, 0) is 25.9 Å². The van der Waals surface area contributed by atoms with Gasteiger partial charge >= 0.3 is 0 Å². The second kappa shape index (κ2) is 7.14. The Balaban J connectivity index is 1.29. The third-order valence-electron chi connectivity index (χ3n) is 4.82. The lowest BCUT2D eigenvalue weighted by molar-refractivity contribution is 0.342. The number of benzene rings is 1. The second-order valence-corrected chi connectivity index (χ2v) is 6.54. The highest BCUT2D eigenvalue weighted by Gasteiger charge is 2.21. The molecule has 0 saturated carbocycles. The Kier molecular flexibility index (Phi) is 4.56. The molecule has 2 aromatic heterocycles. The Bertz CT molecular complexity index is 791. The van der Waals surface area contributed by atoms with E-state index in [9.17, 15) is 0 Å². The number of hydrogen-bond acceptors (Lipinski definition) is 5. The fourth-order valence-electron chi connectivity index (χ4n) is 3.41. The molecule has 1 aliphatic heterocycles. The molecule has 7 nitrogen and oxygen atoms in total. The summed E-state index contributed by atoms with van der Waals surface area (Å²) in [6, 6.07) is 8.42. The molecule has 0 fully saturated rings. The van der Waals surface area contributed by atoms with Crippen molar-refractivity contribution in [3.8, 4) is 5.69 Å². The van der Waals surface area contributed by atoms with Gasteiger partial charge in [0.25, 0.3) is 0 Å². The zero-order chi connectivity index (χ0) is 17.1. The molecular formula is C18H23N7. The van der Waals surface area contributed by atoms with Gasteiger partial charge in [0.15, 0.2) is 0 Å². The maximum Gasteiger partial charge on any atom is 0.138 e. The molecule has 0 aliphatic carbocycles. The molecule has 4 rings (SSSR count). The summed E-state index contributed by atoms with van der Waals surface area (Å²) in [6.07, 6.45) is 6.42. The molecule has 1 aliphatic rings. The highest BCUT2D eigenvalue weighted by Crippen LogP contribution is 2.20. The zero-order valence-electron chi connectivity index (χ0n) is 14.5. The van der Waals surface area contributed by atoms with Gasteiger partial charge in [0.2, 0.25) is 0 Å². The van der Waals surface area contributed by atoms with E-state index >= 15 is 0 Å². The third kappa shape index (κ3) is 3.46. The fraction of sp³-hybridized carbons (Fsp3) is 0.444. The Labute approximate surface area is 147 Å². The summed E-state index contributed by atoms with van der Waals surface area (Å²) >= 11 is 0. The molecule has 0 saturated heterocycles. The molecule has 0 radical (unpaired) electrons. The molecular weight excluding hydrogens is 314 g/mol. The molecule has 0 amide bonds. The number of aromatic nitrogens is 6. The van der Waals surface area contributed by atoms with Gasteiger partial charge < -0.3 is 9.88 Å². The van der Waals surface area contributed by atoms with Crippen molar-refractivity contribution in [1.29, 1.82) is 0 Å². The first kappa shape index (κ1) is 16.0. The molecule has 1 aromatic carbocycles. The largest absolute Gasteiger partial charge is 0.315 e. The van der Waals surface area contributed by atoms with Crippen molar-refractivity contribution in [2.24, 2.45) is 5.92 Å². The van der Waals surface area contributed by atoms with Crippen molar-refractivity contribution in [2.45, 2.75) is 39.3 Å². The van der Waals surface area contributed by atoms with Gasteiger partial charge in [-0.1, -0.05) is 19.1 Å². The summed E-state index contributed by atoms with van der Waals surface area (Å²) < 4.78 is 4.07.